The summed E-state index contributed by atoms with van der Waals surface area (Å²) in [5.74, 6) is 0.933. The Morgan fingerprint density at radius 2 is 2.12 bits per heavy atom. The summed E-state index contributed by atoms with van der Waals surface area (Å²) in [7, 11) is 0. The molecule has 0 aromatic carbocycles. The third-order valence-electron chi connectivity index (χ3n) is 3.01. The number of rotatable bonds is 3. The highest BCUT2D eigenvalue weighted by Gasteiger charge is 2.18. The van der Waals surface area contributed by atoms with E-state index >= 15 is 0 Å². The third kappa shape index (κ3) is 2.96. The predicted octanol–water partition coefficient (Wildman–Crippen LogP) is 2.14. The predicted molar refractivity (Wildman–Crippen MR) is 68.2 cm³/mol. The van der Waals surface area contributed by atoms with Crippen molar-refractivity contribution in [3.63, 3.8) is 0 Å². The van der Waals surface area contributed by atoms with E-state index in [1.807, 2.05) is 24.0 Å². The molecule has 0 unspecified atom stereocenters. The summed E-state index contributed by atoms with van der Waals surface area (Å²) >= 11 is 0. The number of carbonyl (C=O) groups is 1. The van der Waals surface area contributed by atoms with Gasteiger partial charge in [-0.1, -0.05) is 0 Å². The lowest BCUT2D eigenvalue weighted by Crippen LogP contribution is -2.35. The lowest BCUT2D eigenvalue weighted by molar-refractivity contribution is 0.0724. The molecular formula is C13H19N3O. The van der Waals surface area contributed by atoms with E-state index in [2.05, 4.69) is 10.3 Å². The van der Waals surface area contributed by atoms with Crippen LogP contribution in [0.5, 0.6) is 0 Å². The molecule has 1 aromatic heterocycles. The van der Waals surface area contributed by atoms with Crippen molar-refractivity contribution in [1.82, 2.24) is 9.88 Å². The van der Waals surface area contributed by atoms with Crippen LogP contribution in [0.4, 0.5) is 5.82 Å². The molecule has 1 aliphatic heterocycles. The zero-order chi connectivity index (χ0) is 12.1. The summed E-state index contributed by atoms with van der Waals surface area (Å²) in [5.41, 5.74) is 0.688. The van der Waals surface area contributed by atoms with Crippen LogP contribution in [-0.4, -0.2) is 35.4 Å². The topological polar surface area (TPSA) is 45.2 Å². The molecule has 4 nitrogen and oxygen atoms in total. The lowest BCUT2D eigenvalue weighted by Gasteiger charge is -2.26. The van der Waals surface area contributed by atoms with Crippen LogP contribution in [0.3, 0.4) is 0 Å². The molecule has 2 heterocycles. The van der Waals surface area contributed by atoms with Crippen molar-refractivity contribution < 1.29 is 4.79 Å². The maximum atomic E-state index is 12.1. The second-order valence-electron chi connectivity index (χ2n) is 4.32. The Kier molecular flexibility index (Phi) is 3.96. The minimum Gasteiger partial charge on any atom is -0.370 e. The summed E-state index contributed by atoms with van der Waals surface area (Å²) in [6.07, 6.45) is 5.14. The standard InChI is InChI=1S/C13H19N3O/c1-2-14-12-7-6-11(10-15-12)13(17)16-8-4-3-5-9-16/h6-7,10H,2-5,8-9H2,1H3,(H,14,15). The van der Waals surface area contributed by atoms with Crippen molar-refractivity contribution in [1.29, 1.82) is 0 Å². The third-order valence-corrected chi connectivity index (χ3v) is 3.01. The molecule has 1 fully saturated rings. The quantitative estimate of drug-likeness (QED) is 0.870. The molecule has 2 rings (SSSR count). The Hall–Kier alpha value is -1.58. The zero-order valence-electron chi connectivity index (χ0n) is 10.3. The van der Waals surface area contributed by atoms with E-state index < -0.39 is 0 Å². The number of piperidine rings is 1. The molecule has 0 bridgehead atoms. The van der Waals surface area contributed by atoms with E-state index in [-0.39, 0.29) is 5.91 Å². The number of nitrogens with one attached hydrogen (secondary N) is 1. The molecule has 1 aliphatic rings. The monoisotopic (exact) mass is 233 g/mol. The number of aromatic nitrogens is 1. The van der Waals surface area contributed by atoms with E-state index in [0.717, 1.165) is 38.3 Å². The van der Waals surface area contributed by atoms with Crippen molar-refractivity contribution >= 4 is 11.7 Å². The largest absolute Gasteiger partial charge is 0.370 e. The van der Waals surface area contributed by atoms with Crippen LogP contribution in [-0.2, 0) is 0 Å². The fourth-order valence-electron chi connectivity index (χ4n) is 2.09. The highest BCUT2D eigenvalue weighted by atomic mass is 16.2. The second-order valence-corrected chi connectivity index (χ2v) is 4.32. The van der Waals surface area contributed by atoms with Crippen LogP contribution >= 0.6 is 0 Å². The molecular weight excluding hydrogens is 214 g/mol. The Morgan fingerprint density at radius 3 is 2.71 bits per heavy atom. The second kappa shape index (κ2) is 5.66. The normalized spacial score (nSPS) is 15.7. The molecule has 17 heavy (non-hydrogen) atoms. The smallest absolute Gasteiger partial charge is 0.255 e. The van der Waals surface area contributed by atoms with Crippen LogP contribution in [0, 0.1) is 0 Å². The van der Waals surface area contributed by atoms with E-state index in [9.17, 15) is 4.79 Å². The number of likely N-dealkylation sites (tertiary alicyclic amines) is 1. The summed E-state index contributed by atoms with van der Waals surface area (Å²) in [6, 6.07) is 3.71. The van der Waals surface area contributed by atoms with Gasteiger partial charge in [0.15, 0.2) is 0 Å². The summed E-state index contributed by atoms with van der Waals surface area (Å²) in [6.45, 7) is 4.63. The first-order valence-corrected chi connectivity index (χ1v) is 6.30. The van der Waals surface area contributed by atoms with Gasteiger partial charge in [-0.3, -0.25) is 4.79 Å². The first kappa shape index (κ1) is 11.9. The zero-order valence-corrected chi connectivity index (χ0v) is 10.3. The van der Waals surface area contributed by atoms with Crippen LogP contribution < -0.4 is 5.32 Å². The van der Waals surface area contributed by atoms with Crippen molar-refractivity contribution in [2.24, 2.45) is 0 Å². The average Bonchev–Trinajstić information content (AvgIpc) is 2.40. The van der Waals surface area contributed by atoms with Gasteiger partial charge in [0.05, 0.1) is 5.56 Å². The number of pyridine rings is 1. The Balaban J connectivity index is 2.03. The molecule has 0 saturated carbocycles. The fourth-order valence-corrected chi connectivity index (χ4v) is 2.09. The van der Waals surface area contributed by atoms with Gasteiger partial charge in [-0.2, -0.15) is 0 Å². The number of anilines is 1. The molecule has 1 N–H and O–H groups in total. The van der Waals surface area contributed by atoms with Crippen LogP contribution in [0.2, 0.25) is 0 Å². The minimum atomic E-state index is 0.111. The van der Waals surface area contributed by atoms with Gasteiger partial charge in [0.1, 0.15) is 5.82 Å². The van der Waals surface area contributed by atoms with E-state index in [1.54, 1.807) is 6.20 Å². The van der Waals surface area contributed by atoms with Gasteiger partial charge < -0.3 is 10.2 Å². The van der Waals surface area contributed by atoms with E-state index in [4.69, 9.17) is 0 Å². The maximum Gasteiger partial charge on any atom is 0.255 e. The van der Waals surface area contributed by atoms with Crippen LogP contribution in [0.15, 0.2) is 18.3 Å². The molecule has 92 valence electrons. The van der Waals surface area contributed by atoms with Crippen molar-refractivity contribution in [3.8, 4) is 0 Å². The van der Waals surface area contributed by atoms with E-state index in [0.29, 0.717) is 5.56 Å². The molecule has 1 aromatic rings. The first-order valence-electron chi connectivity index (χ1n) is 6.30. The number of carbonyl (C=O) groups excluding carboxylic acids is 1. The minimum absolute atomic E-state index is 0.111. The summed E-state index contributed by atoms with van der Waals surface area (Å²) < 4.78 is 0. The van der Waals surface area contributed by atoms with Crippen LogP contribution in [0.1, 0.15) is 36.5 Å². The van der Waals surface area contributed by atoms with Gasteiger partial charge >= 0.3 is 0 Å². The van der Waals surface area contributed by atoms with Crippen molar-refractivity contribution in [2.45, 2.75) is 26.2 Å². The number of amides is 1. The van der Waals surface area contributed by atoms with Gasteiger partial charge in [-0.05, 0) is 38.3 Å². The number of hydrogen-bond donors (Lipinski definition) is 1. The molecule has 1 amide bonds. The molecule has 0 radical (unpaired) electrons. The lowest BCUT2D eigenvalue weighted by atomic mass is 10.1. The summed E-state index contributed by atoms with van der Waals surface area (Å²) in [4.78, 5) is 18.3. The van der Waals surface area contributed by atoms with Gasteiger partial charge in [-0.25, -0.2) is 4.98 Å². The maximum absolute atomic E-state index is 12.1. The summed E-state index contributed by atoms with van der Waals surface area (Å²) in [5, 5.41) is 3.12. The number of hydrogen-bond acceptors (Lipinski definition) is 3. The van der Waals surface area contributed by atoms with Gasteiger partial charge in [0.25, 0.3) is 5.91 Å². The highest BCUT2D eigenvalue weighted by molar-refractivity contribution is 5.94. The van der Waals surface area contributed by atoms with E-state index in [1.165, 1.54) is 6.42 Å². The average molecular weight is 233 g/mol. The fraction of sp³-hybridized carbons (Fsp3) is 0.538. The first-order chi connectivity index (χ1) is 8.31. The Morgan fingerprint density at radius 1 is 1.35 bits per heavy atom. The molecule has 4 heteroatoms. The number of nitrogens with zero attached hydrogens (tertiary/aromatic N) is 2. The molecule has 0 aliphatic carbocycles. The van der Waals surface area contributed by atoms with Crippen molar-refractivity contribution in [2.75, 3.05) is 25.0 Å². The SMILES string of the molecule is CCNc1ccc(C(=O)N2CCCCC2)cn1. The molecule has 0 spiro atoms. The van der Waals surface area contributed by atoms with Gasteiger partial charge in [-0.15, -0.1) is 0 Å². The van der Waals surface area contributed by atoms with Gasteiger partial charge in [0, 0.05) is 25.8 Å². The van der Waals surface area contributed by atoms with Gasteiger partial charge in [0.2, 0.25) is 0 Å². The molecule has 1 saturated heterocycles. The highest BCUT2D eigenvalue weighted by Crippen LogP contribution is 2.13. The Labute approximate surface area is 102 Å². The van der Waals surface area contributed by atoms with Crippen LogP contribution in [0.25, 0.3) is 0 Å². The Bertz CT molecular complexity index is 369. The molecule has 0 atom stereocenters. The van der Waals surface area contributed by atoms with Crippen molar-refractivity contribution in [3.05, 3.63) is 23.9 Å².